The number of benzene rings is 2. The van der Waals surface area contributed by atoms with Crippen LogP contribution in [-0.2, 0) is 14.3 Å². The first-order valence-corrected chi connectivity index (χ1v) is 11.2. The predicted molar refractivity (Wildman–Crippen MR) is 124 cm³/mol. The van der Waals surface area contributed by atoms with Crippen molar-refractivity contribution in [3.63, 3.8) is 0 Å². The summed E-state index contributed by atoms with van der Waals surface area (Å²) < 4.78 is 5.58. The molecule has 166 valence electrons. The smallest absolute Gasteiger partial charge is 0.315 e. The molecule has 0 spiro atoms. The van der Waals surface area contributed by atoms with Gasteiger partial charge in [0.1, 0.15) is 11.7 Å². The number of allylic oxidation sites excluding steroid dienone is 2. The van der Waals surface area contributed by atoms with E-state index in [4.69, 9.17) is 9.73 Å². The topological polar surface area (TPSA) is 76.0 Å². The number of carbonyl (C=O) groups excluding carboxylic acids is 2. The van der Waals surface area contributed by atoms with Crippen molar-refractivity contribution < 1.29 is 19.4 Å². The van der Waals surface area contributed by atoms with E-state index in [2.05, 4.69) is 0 Å². The summed E-state index contributed by atoms with van der Waals surface area (Å²) >= 11 is 0. The Hall–Kier alpha value is -3.21. The second-order valence-corrected chi connectivity index (χ2v) is 9.13. The average molecular weight is 432 g/mol. The van der Waals surface area contributed by atoms with Gasteiger partial charge in [-0.25, -0.2) is 0 Å². The highest BCUT2D eigenvalue weighted by atomic mass is 16.5. The van der Waals surface area contributed by atoms with Crippen LogP contribution in [0.25, 0.3) is 0 Å². The third-order valence-electron chi connectivity index (χ3n) is 6.20. The van der Waals surface area contributed by atoms with Crippen LogP contribution in [0, 0.1) is 11.8 Å². The number of Topliss-reactive ketones (excluding diaryl/α,β-unsaturated/α-hetero) is 1. The molecule has 32 heavy (non-hydrogen) atoms. The molecular weight excluding hydrogens is 402 g/mol. The molecule has 0 radical (unpaired) electrons. The van der Waals surface area contributed by atoms with Crippen molar-refractivity contribution >= 4 is 17.5 Å². The van der Waals surface area contributed by atoms with Crippen LogP contribution in [0.2, 0.25) is 0 Å². The van der Waals surface area contributed by atoms with E-state index in [0.717, 1.165) is 16.8 Å². The first kappa shape index (κ1) is 22.0. The zero-order valence-electron chi connectivity index (χ0n) is 18.7. The van der Waals surface area contributed by atoms with Gasteiger partial charge < -0.3 is 9.84 Å². The van der Waals surface area contributed by atoms with Crippen LogP contribution in [0.3, 0.4) is 0 Å². The summed E-state index contributed by atoms with van der Waals surface area (Å²) in [5.41, 5.74) is 3.82. The molecule has 2 aliphatic rings. The maximum Gasteiger partial charge on any atom is 0.315 e. The minimum Gasteiger partial charge on any atom is -0.508 e. The number of phenolic OH excluding ortho intramolecular Hbond substituents is 1. The summed E-state index contributed by atoms with van der Waals surface area (Å²) in [6.07, 6.45) is 1.02. The summed E-state index contributed by atoms with van der Waals surface area (Å²) in [4.78, 5) is 31.4. The zero-order chi connectivity index (χ0) is 22.8. The molecule has 0 fully saturated rings. The number of ether oxygens (including phenoxy) is 1. The molecule has 1 aliphatic heterocycles. The zero-order valence-corrected chi connectivity index (χ0v) is 18.7. The third-order valence-corrected chi connectivity index (χ3v) is 6.20. The first-order chi connectivity index (χ1) is 15.3. The van der Waals surface area contributed by atoms with Gasteiger partial charge in [0.05, 0.1) is 6.61 Å². The minimum atomic E-state index is -0.688. The molecule has 5 heteroatoms. The van der Waals surface area contributed by atoms with Crippen molar-refractivity contribution in [2.75, 3.05) is 6.61 Å². The van der Waals surface area contributed by atoms with Crippen LogP contribution in [0.1, 0.15) is 56.6 Å². The molecule has 4 rings (SSSR count). The minimum absolute atomic E-state index is 0.00588. The molecule has 3 atom stereocenters. The summed E-state index contributed by atoms with van der Waals surface area (Å²) in [6.45, 7) is 6.11. The van der Waals surface area contributed by atoms with Crippen molar-refractivity contribution in [2.24, 2.45) is 16.8 Å². The number of esters is 1. The van der Waals surface area contributed by atoms with E-state index in [9.17, 15) is 14.7 Å². The van der Waals surface area contributed by atoms with Crippen LogP contribution < -0.4 is 0 Å². The standard InChI is InChI=1S/C27H29NO4/c1-16(2)15-32-27(31)24-17(3)28-22-13-20(18-8-5-4-6-9-18)14-23(30)26(22)25(24)19-10-7-11-21(29)12-19/h4-12,16,20,24-25,29H,13-15H2,1-3H3. The quantitative estimate of drug-likeness (QED) is 0.663. The Morgan fingerprint density at radius 3 is 2.50 bits per heavy atom. The number of hydrogen-bond acceptors (Lipinski definition) is 5. The van der Waals surface area contributed by atoms with E-state index < -0.39 is 11.8 Å². The first-order valence-electron chi connectivity index (χ1n) is 11.2. The Morgan fingerprint density at radius 2 is 1.81 bits per heavy atom. The highest BCUT2D eigenvalue weighted by Crippen LogP contribution is 2.47. The number of rotatable bonds is 5. The van der Waals surface area contributed by atoms with Gasteiger partial charge in [0, 0.05) is 29.3 Å². The van der Waals surface area contributed by atoms with Crippen molar-refractivity contribution in [2.45, 2.75) is 45.4 Å². The summed E-state index contributed by atoms with van der Waals surface area (Å²) in [7, 11) is 0. The van der Waals surface area contributed by atoms with Crippen LogP contribution in [0.15, 0.2) is 70.9 Å². The second-order valence-electron chi connectivity index (χ2n) is 9.13. The SMILES string of the molecule is CC1=NC2=C(C(=O)CC(c3ccccc3)C2)C(c2cccc(O)c2)C1C(=O)OCC(C)C. The molecule has 0 amide bonds. The van der Waals surface area contributed by atoms with E-state index in [1.165, 1.54) is 0 Å². The largest absolute Gasteiger partial charge is 0.508 e. The van der Waals surface area contributed by atoms with Crippen molar-refractivity contribution in [1.82, 2.24) is 0 Å². The normalized spacial score (nSPS) is 23.1. The number of ketones is 1. The molecule has 2 aromatic rings. The van der Waals surface area contributed by atoms with E-state index in [0.29, 0.717) is 30.7 Å². The lowest BCUT2D eigenvalue weighted by molar-refractivity contribution is -0.147. The number of aromatic hydroxyl groups is 1. The van der Waals surface area contributed by atoms with Gasteiger partial charge in [-0.3, -0.25) is 14.6 Å². The third kappa shape index (κ3) is 4.38. The highest BCUT2D eigenvalue weighted by Gasteiger charge is 2.44. The van der Waals surface area contributed by atoms with Gasteiger partial charge in [-0.2, -0.15) is 0 Å². The van der Waals surface area contributed by atoms with Gasteiger partial charge in [-0.15, -0.1) is 0 Å². The fourth-order valence-electron chi connectivity index (χ4n) is 4.74. The Bertz CT molecular complexity index is 1080. The lowest BCUT2D eigenvalue weighted by Crippen LogP contribution is -2.38. The van der Waals surface area contributed by atoms with Gasteiger partial charge in [0.2, 0.25) is 0 Å². The van der Waals surface area contributed by atoms with E-state index in [1.807, 2.05) is 57.2 Å². The maximum absolute atomic E-state index is 13.5. The lowest BCUT2D eigenvalue weighted by atomic mass is 9.69. The van der Waals surface area contributed by atoms with Crippen LogP contribution >= 0.6 is 0 Å². The molecule has 5 nitrogen and oxygen atoms in total. The summed E-state index contributed by atoms with van der Waals surface area (Å²) in [6, 6.07) is 16.8. The van der Waals surface area contributed by atoms with E-state index in [-0.39, 0.29) is 29.3 Å². The molecule has 1 N–H and O–H groups in total. The maximum atomic E-state index is 13.5. The fourth-order valence-corrected chi connectivity index (χ4v) is 4.74. The molecule has 0 aromatic heterocycles. The summed E-state index contributed by atoms with van der Waals surface area (Å²) in [5.74, 6) is -1.20. The monoisotopic (exact) mass is 431 g/mol. The summed E-state index contributed by atoms with van der Waals surface area (Å²) in [5, 5.41) is 10.1. The van der Waals surface area contributed by atoms with Crippen molar-refractivity contribution in [1.29, 1.82) is 0 Å². The van der Waals surface area contributed by atoms with Gasteiger partial charge in [-0.05, 0) is 48.4 Å². The Balaban J connectivity index is 1.77. The fraction of sp³-hybridized carbons (Fsp3) is 0.370. The molecule has 0 saturated heterocycles. The van der Waals surface area contributed by atoms with Crippen LogP contribution in [-0.4, -0.2) is 29.2 Å². The lowest BCUT2D eigenvalue weighted by Gasteiger charge is -2.36. The second kappa shape index (κ2) is 9.11. The van der Waals surface area contributed by atoms with Crippen LogP contribution in [0.4, 0.5) is 0 Å². The number of phenols is 1. The molecule has 0 saturated carbocycles. The Labute approximate surface area is 188 Å². The molecule has 2 aromatic carbocycles. The van der Waals surface area contributed by atoms with E-state index in [1.54, 1.807) is 18.2 Å². The number of nitrogens with zero attached hydrogens (tertiary/aromatic N) is 1. The van der Waals surface area contributed by atoms with Gasteiger partial charge >= 0.3 is 5.97 Å². The Morgan fingerprint density at radius 1 is 1.09 bits per heavy atom. The average Bonchev–Trinajstić information content (AvgIpc) is 2.77. The number of carbonyl (C=O) groups is 2. The number of aliphatic imine (C=N–C) groups is 1. The van der Waals surface area contributed by atoms with Crippen molar-refractivity contribution in [3.8, 4) is 5.75 Å². The van der Waals surface area contributed by atoms with Gasteiger partial charge in [-0.1, -0.05) is 56.3 Å². The molecular formula is C27H29NO4. The molecule has 1 heterocycles. The molecule has 0 bridgehead atoms. The van der Waals surface area contributed by atoms with Gasteiger partial charge in [0.15, 0.2) is 5.78 Å². The molecule has 1 aliphatic carbocycles. The Kier molecular flexibility index (Phi) is 6.26. The van der Waals surface area contributed by atoms with Crippen molar-refractivity contribution in [3.05, 3.63) is 77.0 Å². The predicted octanol–water partition coefficient (Wildman–Crippen LogP) is 5.17. The molecule has 3 unspecified atom stereocenters. The van der Waals surface area contributed by atoms with Gasteiger partial charge in [0.25, 0.3) is 0 Å². The number of hydrogen-bond donors (Lipinski definition) is 1. The highest BCUT2D eigenvalue weighted by molar-refractivity contribution is 6.09. The van der Waals surface area contributed by atoms with Crippen LogP contribution in [0.5, 0.6) is 5.75 Å². The van der Waals surface area contributed by atoms with E-state index >= 15 is 0 Å².